The zero-order valence-electron chi connectivity index (χ0n) is 8.77. The molecular weight excluding hydrogens is 292 g/mol. The van der Waals surface area contributed by atoms with Crippen molar-refractivity contribution in [3.63, 3.8) is 0 Å². The van der Waals surface area contributed by atoms with Crippen LogP contribution in [0.15, 0.2) is 16.6 Å². The first-order valence-corrected chi connectivity index (χ1v) is 5.35. The van der Waals surface area contributed by atoms with Gasteiger partial charge in [-0.05, 0) is 28.9 Å². The lowest BCUT2D eigenvalue weighted by atomic mass is 10.1. The maximum absolute atomic E-state index is 11.6. The maximum Gasteiger partial charge on any atom is 0.346 e. The van der Waals surface area contributed by atoms with Crippen molar-refractivity contribution in [2.24, 2.45) is 0 Å². The van der Waals surface area contributed by atoms with Gasteiger partial charge >= 0.3 is 5.97 Å². The zero-order valence-corrected chi connectivity index (χ0v) is 10.4. The maximum atomic E-state index is 11.6. The normalized spacial score (nSPS) is 9.47. The minimum Gasteiger partial charge on any atom is -0.462 e. The molecule has 0 heterocycles. The molecule has 0 bridgehead atoms. The quantitative estimate of drug-likeness (QED) is 0.485. The smallest absolute Gasteiger partial charge is 0.346 e. The van der Waals surface area contributed by atoms with Gasteiger partial charge in [0.05, 0.1) is 23.2 Å². The summed E-state index contributed by atoms with van der Waals surface area (Å²) in [7, 11) is 0. The van der Waals surface area contributed by atoms with Crippen LogP contribution in [0.1, 0.15) is 22.8 Å². The summed E-state index contributed by atoms with van der Waals surface area (Å²) < 4.78 is 4.89. The van der Waals surface area contributed by atoms with Crippen molar-refractivity contribution in [3.05, 3.63) is 37.8 Å². The van der Waals surface area contributed by atoms with Gasteiger partial charge in [-0.15, -0.1) is 0 Å². The van der Waals surface area contributed by atoms with Crippen LogP contribution in [0.2, 0.25) is 0 Å². The van der Waals surface area contributed by atoms with E-state index in [1.807, 2.05) is 0 Å². The second-order valence-corrected chi connectivity index (χ2v) is 3.80. The van der Waals surface area contributed by atoms with Gasteiger partial charge < -0.3 is 4.74 Å². The molecule has 1 aromatic rings. The Kier molecular flexibility index (Phi) is 4.17. The van der Waals surface area contributed by atoms with Crippen LogP contribution in [0.5, 0.6) is 0 Å². The van der Waals surface area contributed by atoms with Crippen molar-refractivity contribution in [1.82, 2.24) is 0 Å². The number of nitrogens with zero attached hydrogens (tertiary/aromatic N) is 2. The number of carbonyl (C=O) groups is 1. The lowest BCUT2D eigenvalue weighted by Gasteiger charge is -2.05. The molecule has 0 atom stereocenters. The number of ether oxygens (including phenoxy) is 1. The molecule has 0 aliphatic heterocycles. The second kappa shape index (κ2) is 5.41. The summed E-state index contributed by atoms with van der Waals surface area (Å²) in [6.45, 7) is 1.71. The molecular formula is C10H7BrN2O4. The van der Waals surface area contributed by atoms with Crippen LogP contribution in [0.4, 0.5) is 5.69 Å². The van der Waals surface area contributed by atoms with E-state index in [0.29, 0.717) is 0 Å². The minimum absolute atomic E-state index is 0.0941. The molecule has 17 heavy (non-hydrogen) atoms. The number of halogens is 1. The largest absolute Gasteiger partial charge is 0.462 e. The Labute approximate surface area is 105 Å². The summed E-state index contributed by atoms with van der Waals surface area (Å²) in [4.78, 5) is 21.6. The Balaban J connectivity index is 3.43. The van der Waals surface area contributed by atoms with Crippen molar-refractivity contribution in [2.45, 2.75) is 6.92 Å². The summed E-state index contributed by atoms with van der Waals surface area (Å²) in [5, 5.41) is 19.5. The number of hydrogen-bond acceptors (Lipinski definition) is 5. The Morgan fingerprint density at radius 1 is 1.65 bits per heavy atom. The lowest BCUT2D eigenvalue weighted by Crippen LogP contribution is -2.09. The first kappa shape index (κ1) is 13.1. The van der Waals surface area contributed by atoms with E-state index in [0.717, 1.165) is 6.07 Å². The molecule has 0 unspecified atom stereocenters. The summed E-state index contributed by atoms with van der Waals surface area (Å²) in [6.07, 6.45) is 0. The van der Waals surface area contributed by atoms with Crippen molar-refractivity contribution in [2.75, 3.05) is 6.61 Å². The number of benzene rings is 1. The van der Waals surface area contributed by atoms with Gasteiger partial charge in [-0.1, -0.05) is 0 Å². The first-order valence-electron chi connectivity index (χ1n) is 4.56. The predicted molar refractivity (Wildman–Crippen MR) is 61.5 cm³/mol. The van der Waals surface area contributed by atoms with Gasteiger partial charge in [0.2, 0.25) is 0 Å². The molecule has 1 aromatic carbocycles. The van der Waals surface area contributed by atoms with Crippen LogP contribution in [0.25, 0.3) is 0 Å². The fourth-order valence-corrected chi connectivity index (χ4v) is 1.82. The molecule has 0 aliphatic carbocycles. The fourth-order valence-electron chi connectivity index (χ4n) is 1.21. The molecule has 0 N–H and O–H groups in total. The standard InChI is InChI=1S/C10H7BrN2O4/c1-2-17-10(14)9-7(11)3-6(5-12)4-8(9)13(15)16/h3-4H,2H2,1H3. The summed E-state index contributed by atoms with van der Waals surface area (Å²) in [5.74, 6) is -0.796. The number of hydrogen-bond donors (Lipinski definition) is 0. The predicted octanol–water partition coefficient (Wildman–Crippen LogP) is 2.41. The van der Waals surface area contributed by atoms with Crippen LogP contribution < -0.4 is 0 Å². The van der Waals surface area contributed by atoms with Gasteiger partial charge in [0.1, 0.15) is 0 Å². The second-order valence-electron chi connectivity index (χ2n) is 2.94. The Morgan fingerprint density at radius 3 is 2.76 bits per heavy atom. The highest BCUT2D eigenvalue weighted by molar-refractivity contribution is 9.10. The zero-order chi connectivity index (χ0) is 13.0. The van der Waals surface area contributed by atoms with Gasteiger partial charge in [-0.25, -0.2) is 4.79 Å². The third-order valence-electron chi connectivity index (χ3n) is 1.87. The molecule has 7 heteroatoms. The monoisotopic (exact) mass is 298 g/mol. The van der Waals surface area contributed by atoms with E-state index in [-0.39, 0.29) is 22.2 Å². The highest BCUT2D eigenvalue weighted by Gasteiger charge is 2.25. The third-order valence-corrected chi connectivity index (χ3v) is 2.50. The molecule has 0 aliphatic rings. The van der Waals surface area contributed by atoms with Crippen LogP contribution in [-0.2, 0) is 4.74 Å². The van der Waals surface area contributed by atoms with Crippen molar-refractivity contribution < 1.29 is 14.5 Å². The highest BCUT2D eigenvalue weighted by Crippen LogP contribution is 2.29. The van der Waals surface area contributed by atoms with Crippen LogP contribution in [0.3, 0.4) is 0 Å². The average molecular weight is 299 g/mol. The molecule has 0 aromatic heterocycles. The number of carbonyl (C=O) groups excluding carboxylic acids is 1. The number of nitro benzene ring substituents is 1. The molecule has 1 rings (SSSR count). The Morgan fingerprint density at radius 2 is 2.29 bits per heavy atom. The highest BCUT2D eigenvalue weighted by atomic mass is 79.9. The number of nitro groups is 1. The molecule has 0 radical (unpaired) electrons. The summed E-state index contributed by atoms with van der Waals surface area (Å²) in [6, 6.07) is 4.15. The first-order chi connectivity index (χ1) is 8.01. The van der Waals surface area contributed by atoms with Gasteiger partial charge in [-0.3, -0.25) is 10.1 Å². The Bertz CT molecular complexity index is 522. The van der Waals surface area contributed by atoms with E-state index in [2.05, 4.69) is 15.9 Å². The molecule has 0 saturated carbocycles. The van der Waals surface area contributed by atoms with Crippen LogP contribution >= 0.6 is 15.9 Å². The molecule has 0 spiro atoms. The summed E-state index contributed by atoms with van der Waals surface area (Å²) in [5.41, 5.74) is -0.540. The Hall–Kier alpha value is -1.94. The van der Waals surface area contributed by atoms with Crippen molar-refractivity contribution >= 4 is 27.6 Å². The molecule has 0 amide bonds. The minimum atomic E-state index is -0.796. The average Bonchev–Trinajstić information content (AvgIpc) is 2.27. The van der Waals surface area contributed by atoms with E-state index in [9.17, 15) is 14.9 Å². The number of rotatable bonds is 3. The fraction of sp³-hybridized carbons (Fsp3) is 0.200. The van der Waals surface area contributed by atoms with Gasteiger partial charge in [-0.2, -0.15) is 5.26 Å². The lowest BCUT2D eigenvalue weighted by molar-refractivity contribution is -0.385. The summed E-state index contributed by atoms with van der Waals surface area (Å²) >= 11 is 3.02. The molecule has 88 valence electrons. The van der Waals surface area contributed by atoms with E-state index in [1.54, 1.807) is 13.0 Å². The van der Waals surface area contributed by atoms with Gasteiger partial charge in [0, 0.05) is 10.5 Å². The van der Waals surface area contributed by atoms with Crippen molar-refractivity contribution in [3.8, 4) is 6.07 Å². The van der Waals surface area contributed by atoms with Gasteiger partial charge in [0.25, 0.3) is 5.69 Å². The topological polar surface area (TPSA) is 93.2 Å². The molecule has 0 saturated heterocycles. The van der Waals surface area contributed by atoms with Crippen LogP contribution in [0, 0.1) is 21.4 Å². The number of nitriles is 1. The van der Waals surface area contributed by atoms with Crippen LogP contribution in [-0.4, -0.2) is 17.5 Å². The van der Waals surface area contributed by atoms with E-state index >= 15 is 0 Å². The van der Waals surface area contributed by atoms with E-state index in [4.69, 9.17) is 10.00 Å². The number of esters is 1. The van der Waals surface area contributed by atoms with Gasteiger partial charge in [0.15, 0.2) is 5.56 Å². The van der Waals surface area contributed by atoms with Crippen molar-refractivity contribution in [1.29, 1.82) is 5.26 Å². The van der Waals surface area contributed by atoms with E-state index in [1.165, 1.54) is 6.07 Å². The molecule has 0 fully saturated rings. The third kappa shape index (κ3) is 2.79. The SMILES string of the molecule is CCOC(=O)c1c(Br)cc(C#N)cc1[N+](=O)[O-]. The van der Waals surface area contributed by atoms with E-state index < -0.39 is 16.6 Å². The molecule has 6 nitrogen and oxygen atoms in total.